The molecule has 2 atom stereocenters. The highest BCUT2D eigenvalue weighted by molar-refractivity contribution is 6.13. The first-order valence-corrected chi connectivity index (χ1v) is 9.40. The molecule has 0 spiro atoms. The fourth-order valence-corrected chi connectivity index (χ4v) is 4.16. The average Bonchev–Trinajstić information content (AvgIpc) is 3.38. The molecule has 2 aliphatic rings. The molecule has 5 rings (SSSR count). The summed E-state index contributed by atoms with van der Waals surface area (Å²) in [6, 6.07) is 12.4. The van der Waals surface area contributed by atoms with Crippen LogP contribution in [0.4, 0.5) is 5.82 Å². The zero-order valence-electron chi connectivity index (χ0n) is 15.1. The summed E-state index contributed by atoms with van der Waals surface area (Å²) in [7, 11) is 0. The van der Waals surface area contributed by atoms with Crippen LogP contribution in [-0.2, 0) is 0 Å². The van der Waals surface area contributed by atoms with Crippen LogP contribution < -0.4 is 4.90 Å². The van der Waals surface area contributed by atoms with Gasteiger partial charge < -0.3 is 0 Å². The van der Waals surface area contributed by atoms with Crippen molar-refractivity contribution in [1.29, 1.82) is 0 Å². The third-order valence-electron chi connectivity index (χ3n) is 5.62. The Morgan fingerprint density at radius 2 is 1.92 bits per heavy atom. The van der Waals surface area contributed by atoms with E-state index in [2.05, 4.69) is 18.9 Å². The van der Waals surface area contributed by atoms with Crippen molar-refractivity contribution in [2.45, 2.75) is 51.1 Å². The van der Waals surface area contributed by atoms with Gasteiger partial charge in [0.1, 0.15) is 5.82 Å². The highest BCUT2D eigenvalue weighted by atomic mass is 16.2. The topological polar surface area (TPSA) is 51.0 Å². The van der Waals surface area contributed by atoms with Gasteiger partial charge in [-0.15, -0.1) is 0 Å². The Kier molecular flexibility index (Phi) is 3.39. The minimum atomic E-state index is 0.0478. The molecular formula is C21H22N4O. The second-order valence-electron chi connectivity index (χ2n) is 7.63. The summed E-state index contributed by atoms with van der Waals surface area (Å²) in [5.74, 6) is 1.44. The van der Waals surface area contributed by atoms with E-state index in [1.54, 1.807) is 6.20 Å². The van der Waals surface area contributed by atoms with E-state index in [-0.39, 0.29) is 11.9 Å². The van der Waals surface area contributed by atoms with Crippen LogP contribution in [0.15, 0.2) is 42.6 Å². The number of hydrogen-bond acceptors (Lipinski definition) is 3. The normalized spacial score (nSPS) is 22.5. The number of para-hydroxylation sites is 1. The molecule has 1 fully saturated rings. The SMILES string of the molecule is C[C@H]1C[C@H](C)n2nccc2N1C(=O)c1cc(C2CC2)nc2ccccc12. The van der Waals surface area contributed by atoms with Gasteiger partial charge in [0.25, 0.3) is 5.91 Å². The lowest BCUT2D eigenvalue weighted by atomic mass is 10.0. The smallest absolute Gasteiger partial charge is 0.260 e. The molecule has 3 aromatic rings. The molecule has 5 nitrogen and oxygen atoms in total. The van der Waals surface area contributed by atoms with Gasteiger partial charge in [-0.05, 0) is 45.2 Å². The van der Waals surface area contributed by atoms with Crippen molar-refractivity contribution in [3.05, 3.63) is 53.9 Å². The van der Waals surface area contributed by atoms with E-state index in [0.717, 1.165) is 34.4 Å². The van der Waals surface area contributed by atoms with E-state index in [1.165, 1.54) is 12.8 Å². The molecule has 0 saturated heterocycles. The van der Waals surface area contributed by atoms with Crippen LogP contribution in [0.25, 0.3) is 10.9 Å². The number of amides is 1. The van der Waals surface area contributed by atoms with E-state index in [4.69, 9.17) is 4.98 Å². The Bertz CT molecular complexity index is 1000. The number of anilines is 1. The highest BCUT2D eigenvalue weighted by Crippen LogP contribution is 2.41. The minimum absolute atomic E-state index is 0.0478. The van der Waals surface area contributed by atoms with E-state index in [0.29, 0.717) is 12.0 Å². The lowest BCUT2D eigenvalue weighted by Crippen LogP contribution is -2.45. The number of nitrogens with zero attached hydrogens (tertiary/aromatic N) is 4. The fraction of sp³-hybridized carbons (Fsp3) is 0.381. The predicted molar refractivity (Wildman–Crippen MR) is 102 cm³/mol. The number of benzene rings is 1. The molecule has 3 heterocycles. The van der Waals surface area contributed by atoms with Gasteiger partial charge in [-0.3, -0.25) is 14.7 Å². The summed E-state index contributed by atoms with van der Waals surface area (Å²) < 4.78 is 1.96. The van der Waals surface area contributed by atoms with Gasteiger partial charge >= 0.3 is 0 Å². The molecular weight excluding hydrogens is 324 g/mol. The third-order valence-corrected chi connectivity index (χ3v) is 5.62. The molecule has 1 amide bonds. The molecule has 2 aromatic heterocycles. The zero-order chi connectivity index (χ0) is 17.8. The van der Waals surface area contributed by atoms with E-state index >= 15 is 0 Å². The number of pyridine rings is 1. The van der Waals surface area contributed by atoms with Crippen LogP contribution in [0, 0.1) is 0 Å². The van der Waals surface area contributed by atoms with E-state index < -0.39 is 0 Å². The van der Waals surface area contributed by atoms with Gasteiger partial charge in [-0.2, -0.15) is 5.10 Å². The Hall–Kier alpha value is -2.69. The minimum Gasteiger partial charge on any atom is -0.290 e. The van der Waals surface area contributed by atoms with Crippen molar-refractivity contribution in [2.24, 2.45) is 0 Å². The monoisotopic (exact) mass is 346 g/mol. The molecule has 1 aliphatic carbocycles. The maximum atomic E-state index is 13.6. The summed E-state index contributed by atoms with van der Waals surface area (Å²) in [4.78, 5) is 20.4. The first-order valence-electron chi connectivity index (χ1n) is 9.40. The number of carbonyl (C=O) groups is 1. The standard InChI is InChI=1S/C21H22N4O/c1-13-11-14(2)25-20(9-10-22-25)24(13)21(26)17-12-19(15-7-8-15)23-18-6-4-3-5-16(17)18/h3-6,9-10,12-15H,7-8,11H2,1-2H3/t13-,14-/m0/s1. The first-order chi connectivity index (χ1) is 12.6. The summed E-state index contributed by atoms with van der Waals surface area (Å²) in [5.41, 5.74) is 2.72. The fourth-order valence-electron chi connectivity index (χ4n) is 4.16. The van der Waals surface area contributed by atoms with Gasteiger partial charge in [0.15, 0.2) is 0 Å². The van der Waals surface area contributed by atoms with Crippen LogP contribution in [0.1, 0.15) is 61.1 Å². The first kappa shape index (κ1) is 15.6. The Morgan fingerprint density at radius 1 is 1.12 bits per heavy atom. The molecule has 1 aliphatic heterocycles. The Labute approximate surface area is 152 Å². The van der Waals surface area contributed by atoms with Crippen LogP contribution in [0.2, 0.25) is 0 Å². The van der Waals surface area contributed by atoms with Gasteiger partial charge in [0.05, 0.1) is 23.3 Å². The molecule has 0 unspecified atom stereocenters. The lowest BCUT2D eigenvalue weighted by molar-refractivity contribution is 0.0968. The quantitative estimate of drug-likeness (QED) is 0.695. The summed E-state index contributed by atoms with van der Waals surface area (Å²) >= 11 is 0. The number of fused-ring (bicyclic) bond motifs is 2. The maximum absolute atomic E-state index is 13.6. The molecule has 132 valence electrons. The van der Waals surface area contributed by atoms with Crippen molar-refractivity contribution in [2.75, 3.05) is 4.90 Å². The Morgan fingerprint density at radius 3 is 2.73 bits per heavy atom. The van der Waals surface area contributed by atoms with E-state index in [9.17, 15) is 4.79 Å². The summed E-state index contributed by atoms with van der Waals surface area (Å²) in [6.45, 7) is 4.28. The molecule has 1 aromatic carbocycles. The van der Waals surface area contributed by atoms with Crippen molar-refractivity contribution < 1.29 is 4.79 Å². The largest absolute Gasteiger partial charge is 0.290 e. The van der Waals surface area contributed by atoms with Gasteiger partial charge in [0.2, 0.25) is 0 Å². The van der Waals surface area contributed by atoms with Gasteiger partial charge in [-0.1, -0.05) is 18.2 Å². The van der Waals surface area contributed by atoms with Crippen LogP contribution >= 0.6 is 0 Å². The van der Waals surface area contributed by atoms with Crippen LogP contribution in [0.3, 0.4) is 0 Å². The molecule has 0 radical (unpaired) electrons. The molecule has 0 N–H and O–H groups in total. The van der Waals surface area contributed by atoms with E-state index in [1.807, 2.05) is 46.0 Å². The zero-order valence-corrected chi connectivity index (χ0v) is 15.1. The maximum Gasteiger partial charge on any atom is 0.260 e. The van der Waals surface area contributed by atoms with Gasteiger partial charge in [0, 0.05) is 29.1 Å². The number of hydrogen-bond donors (Lipinski definition) is 0. The average molecular weight is 346 g/mol. The molecule has 26 heavy (non-hydrogen) atoms. The van der Waals surface area contributed by atoms with Crippen molar-refractivity contribution in [3.63, 3.8) is 0 Å². The van der Waals surface area contributed by atoms with Gasteiger partial charge in [-0.25, -0.2) is 4.68 Å². The van der Waals surface area contributed by atoms with Crippen LogP contribution in [-0.4, -0.2) is 26.7 Å². The Balaban J connectivity index is 1.66. The van der Waals surface area contributed by atoms with Crippen molar-refractivity contribution in [1.82, 2.24) is 14.8 Å². The second-order valence-corrected chi connectivity index (χ2v) is 7.63. The second kappa shape index (κ2) is 5.66. The molecule has 1 saturated carbocycles. The van der Waals surface area contributed by atoms with Crippen molar-refractivity contribution >= 4 is 22.6 Å². The van der Waals surface area contributed by atoms with Crippen molar-refractivity contribution in [3.8, 4) is 0 Å². The number of aromatic nitrogens is 3. The summed E-state index contributed by atoms with van der Waals surface area (Å²) in [5, 5.41) is 5.36. The summed E-state index contributed by atoms with van der Waals surface area (Å²) in [6.07, 6.45) is 5.02. The molecule has 5 heteroatoms. The molecule has 0 bridgehead atoms. The predicted octanol–water partition coefficient (Wildman–Crippen LogP) is 4.31. The lowest BCUT2D eigenvalue weighted by Gasteiger charge is -2.37. The number of rotatable bonds is 2. The van der Waals surface area contributed by atoms with Crippen LogP contribution in [0.5, 0.6) is 0 Å². The third kappa shape index (κ3) is 2.34. The highest BCUT2D eigenvalue weighted by Gasteiger charge is 2.34. The number of carbonyl (C=O) groups excluding carboxylic acids is 1.